The summed E-state index contributed by atoms with van der Waals surface area (Å²) in [5.41, 5.74) is 0.550. The van der Waals surface area contributed by atoms with Crippen LogP contribution in [-0.4, -0.2) is 25.9 Å². The van der Waals surface area contributed by atoms with Gasteiger partial charge in [-0.3, -0.25) is 14.5 Å². The van der Waals surface area contributed by atoms with Crippen LogP contribution in [0.4, 0.5) is 5.69 Å². The van der Waals surface area contributed by atoms with Crippen LogP contribution in [0.1, 0.15) is 6.42 Å². The first-order valence-corrected chi connectivity index (χ1v) is 12.5. The quantitative estimate of drug-likeness (QED) is 0.219. The highest BCUT2D eigenvalue weighted by molar-refractivity contribution is 9.10. The van der Waals surface area contributed by atoms with Crippen molar-refractivity contribution in [2.24, 2.45) is 35.5 Å². The predicted octanol–water partition coefficient (Wildman–Crippen LogP) is 6.28. The van der Waals surface area contributed by atoms with Gasteiger partial charge in [-0.25, -0.2) is 0 Å². The molecule has 4 aliphatic carbocycles. The van der Waals surface area contributed by atoms with Crippen LogP contribution in [0.25, 0.3) is 0 Å². The van der Waals surface area contributed by atoms with E-state index < -0.39 is 25.9 Å². The Balaban J connectivity index is 1.47. The fourth-order valence-electron chi connectivity index (χ4n) is 6.99. The Hall–Kier alpha value is 0.320. The van der Waals surface area contributed by atoms with Gasteiger partial charge in [0.1, 0.15) is 9.75 Å². The van der Waals surface area contributed by atoms with E-state index in [9.17, 15) is 9.59 Å². The first kappa shape index (κ1) is 20.9. The van der Waals surface area contributed by atoms with Crippen LogP contribution in [0, 0.1) is 35.5 Å². The molecule has 1 heterocycles. The van der Waals surface area contributed by atoms with E-state index in [0.29, 0.717) is 12.1 Å². The van der Waals surface area contributed by atoms with E-state index in [1.807, 2.05) is 0 Å². The molecule has 0 radical (unpaired) electrons. The van der Waals surface area contributed by atoms with E-state index in [0.717, 1.165) is 4.47 Å². The van der Waals surface area contributed by atoms with Crippen molar-refractivity contribution >= 4 is 103 Å². The number of carbonyl (C=O) groups is 2. The Morgan fingerprint density at radius 2 is 1.27 bits per heavy atom. The number of alkyl halides is 4. The molecule has 8 atom stereocenters. The van der Waals surface area contributed by atoms with Crippen molar-refractivity contribution in [3.8, 4) is 0 Å². The molecule has 3 saturated carbocycles. The lowest BCUT2D eigenvalue weighted by atomic mass is 9.65. The number of hydrogen-bond acceptors (Lipinski definition) is 2. The highest BCUT2D eigenvalue weighted by atomic mass is 79.9. The maximum Gasteiger partial charge on any atom is 0.237 e. The third-order valence-corrected chi connectivity index (χ3v) is 12.7. The summed E-state index contributed by atoms with van der Waals surface area (Å²) in [5, 5.41) is 0.301. The van der Waals surface area contributed by atoms with Gasteiger partial charge in [-0.2, -0.15) is 0 Å². The lowest BCUT2D eigenvalue weighted by Crippen LogP contribution is -2.46. The molecule has 4 fully saturated rings. The zero-order valence-corrected chi connectivity index (χ0v) is 21.0. The number of rotatable bonds is 1. The molecule has 8 unspecified atom stereocenters. The van der Waals surface area contributed by atoms with Gasteiger partial charge in [-0.1, -0.05) is 62.3 Å². The van der Waals surface area contributed by atoms with Crippen LogP contribution in [0.2, 0.25) is 0 Å². The van der Waals surface area contributed by atoms with Gasteiger partial charge in [0.25, 0.3) is 0 Å². The maximum absolute atomic E-state index is 13.4. The summed E-state index contributed by atoms with van der Waals surface area (Å²) < 4.78 is -0.777. The maximum atomic E-state index is 13.4. The average Bonchev–Trinajstić information content (AvgIpc) is 3.39. The van der Waals surface area contributed by atoms with Gasteiger partial charge in [0, 0.05) is 4.47 Å². The Morgan fingerprint density at radius 3 is 1.70 bits per heavy atom. The van der Waals surface area contributed by atoms with Gasteiger partial charge in [-0.05, 0) is 54.4 Å². The number of fused-ring (bicyclic) bond motifs is 12. The van der Waals surface area contributed by atoms with E-state index in [2.05, 4.69) is 15.9 Å². The molecule has 4 bridgehead atoms. The van der Waals surface area contributed by atoms with Gasteiger partial charge in [0.2, 0.25) is 11.8 Å². The first-order valence-electron chi connectivity index (χ1n) is 9.44. The van der Waals surface area contributed by atoms with E-state index in [-0.39, 0.29) is 45.6 Å². The molecule has 1 aromatic carbocycles. The zero-order valence-electron chi connectivity index (χ0n) is 14.9. The third-order valence-electron chi connectivity index (χ3n) is 7.92. The van der Waals surface area contributed by atoms with Gasteiger partial charge in [0.05, 0.1) is 27.6 Å². The molecule has 6 rings (SSSR count). The van der Waals surface area contributed by atoms with Crippen LogP contribution in [0.15, 0.2) is 38.8 Å². The molecule has 0 spiro atoms. The number of carbonyl (C=O) groups excluding carboxylic acids is 2. The Bertz CT molecular complexity index is 1020. The number of halogens is 7. The van der Waals surface area contributed by atoms with Crippen LogP contribution < -0.4 is 4.90 Å². The summed E-state index contributed by atoms with van der Waals surface area (Å²) >= 11 is 43.9. The highest BCUT2D eigenvalue weighted by Crippen LogP contribution is 2.84. The van der Waals surface area contributed by atoms with Crippen molar-refractivity contribution in [1.82, 2.24) is 0 Å². The molecule has 10 heteroatoms. The van der Waals surface area contributed by atoms with Crippen LogP contribution in [0.5, 0.6) is 0 Å². The molecule has 2 amide bonds. The van der Waals surface area contributed by atoms with E-state index in [1.165, 1.54) is 4.90 Å². The standard InChI is InChI=1S/C20H12BrCl6NO2/c21-6-1-3-7(4-2-6)28-16(29)10-8-5-9(11(10)17(28)30)13-12(8)18(24)14(22)15(23)19(13,25)20(18,26)27/h1-4,8-13H,5H2. The summed E-state index contributed by atoms with van der Waals surface area (Å²) in [7, 11) is 0. The fourth-order valence-corrected chi connectivity index (χ4v) is 10.4. The number of nitrogens with zero attached hydrogens (tertiary/aromatic N) is 1. The third kappa shape index (κ3) is 1.94. The topological polar surface area (TPSA) is 37.4 Å². The average molecular weight is 591 g/mol. The van der Waals surface area contributed by atoms with E-state index in [4.69, 9.17) is 69.6 Å². The van der Waals surface area contributed by atoms with Crippen molar-refractivity contribution < 1.29 is 9.59 Å². The number of hydrogen-bond donors (Lipinski definition) is 0. The van der Waals surface area contributed by atoms with Crippen molar-refractivity contribution in [3.05, 3.63) is 38.8 Å². The lowest BCUT2D eigenvalue weighted by Gasteiger charge is -2.42. The molecule has 1 aromatic rings. The Morgan fingerprint density at radius 1 is 0.833 bits per heavy atom. The molecule has 3 nitrogen and oxygen atoms in total. The minimum atomic E-state index is -1.64. The number of anilines is 1. The second-order valence-electron chi connectivity index (χ2n) is 8.78. The largest absolute Gasteiger partial charge is 0.274 e. The number of amides is 2. The molecule has 158 valence electrons. The van der Waals surface area contributed by atoms with Gasteiger partial charge >= 0.3 is 0 Å². The van der Waals surface area contributed by atoms with E-state index >= 15 is 0 Å². The van der Waals surface area contributed by atoms with E-state index in [1.54, 1.807) is 24.3 Å². The summed E-state index contributed by atoms with van der Waals surface area (Å²) in [5.74, 6) is -2.49. The molecule has 30 heavy (non-hydrogen) atoms. The smallest absolute Gasteiger partial charge is 0.237 e. The van der Waals surface area contributed by atoms with Crippen molar-refractivity contribution in [1.29, 1.82) is 0 Å². The minimum absolute atomic E-state index is 0.151. The fraction of sp³-hybridized carbons (Fsp3) is 0.500. The molecule has 1 saturated heterocycles. The number of allylic oxidation sites excluding steroid dienone is 2. The van der Waals surface area contributed by atoms with Gasteiger partial charge in [0.15, 0.2) is 4.33 Å². The van der Waals surface area contributed by atoms with Crippen molar-refractivity contribution in [2.75, 3.05) is 4.90 Å². The summed E-state index contributed by atoms with van der Waals surface area (Å²) in [6.07, 6.45) is 0.650. The Labute approximate surface area is 211 Å². The van der Waals surface area contributed by atoms with Crippen molar-refractivity contribution in [2.45, 2.75) is 20.5 Å². The summed E-state index contributed by atoms with van der Waals surface area (Å²) in [6, 6.07) is 7.09. The summed E-state index contributed by atoms with van der Waals surface area (Å²) in [4.78, 5) is 25.4. The van der Waals surface area contributed by atoms with Crippen LogP contribution >= 0.6 is 85.5 Å². The van der Waals surface area contributed by atoms with Crippen LogP contribution in [-0.2, 0) is 9.59 Å². The number of imide groups is 1. The monoisotopic (exact) mass is 587 g/mol. The molecule has 0 aromatic heterocycles. The number of benzene rings is 1. The SMILES string of the molecule is O=C1C2C3CC(C2C(=O)N1c1ccc(Br)cc1)C1C3C2(Cl)C(Cl)=C(Cl)C1(Cl)C2(Cl)Cl. The summed E-state index contributed by atoms with van der Waals surface area (Å²) in [6.45, 7) is 0. The lowest BCUT2D eigenvalue weighted by molar-refractivity contribution is -0.123. The predicted molar refractivity (Wildman–Crippen MR) is 123 cm³/mol. The van der Waals surface area contributed by atoms with Gasteiger partial charge < -0.3 is 0 Å². The molecular weight excluding hydrogens is 579 g/mol. The molecule has 5 aliphatic rings. The van der Waals surface area contributed by atoms with Crippen molar-refractivity contribution in [3.63, 3.8) is 0 Å². The molecular formula is C20H12BrCl6NO2. The Kier molecular flexibility index (Phi) is 4.22. The second kappa shape index (κ2) is 6.05. The minimum Gasteiger partial charge on any atom is -0.274 e. The normalized spacial score (nSPS) is 47.5. The highest BCUT2D eigenvalue weighted by Gasteiger charge is 2.88. The zero-order chi connectivity index (χ0) is 21.5. The second-order valence-corrected chi connectivity index (χ2v) is 13.0. The first-order chi connectivity index (χ1) is 14.0. The molecule has 0 N–H and O–H groups in total. The molecule has 1 aliphatic heterocycles. The van der Waals surface area contributed by atoms with Gasteiger partial charge in [-0.15, -0.1) is 23.2 Å². The van der Waals surface area contributed by atoms with Crippen LogP contribution in [0.3, 0.4) is 0 Å².